The van der Waals surface area contributed by atoms with Crippen LogP contribution in [0.4, 0.5) is 0 Å². The molecule has 1 aromatic heterocycles. The molecule has 0 aliphatic rings. The number of aromatic nitrogens is 2. The minimum atomic E-state index is -0.369. The van der Waals surface area contributed by atoms with Crippen molar-refractivity contribution in [3.05, 3.63) is 69.6 Å². The summed E-state index contributed by atoms with van der Waals surface area (Å²) in [6.45, 7) is 0. The Balaban J connectivity index is 2.05. The first-order valence-corrected chi connectivity index (χ1v) is 7.47. The van der Waals surface area contributed by atoms with E-state index in [9.17, 15) is 4.79 Å². The second-order valence-corrected chi connectivity index (χ2v) is 5.64. The molecule has 1 heterocycles. The third-order valence-electron chi connectivity index (χ3n) is 3.29. The molecule has 0 spiro atoms. The molecule has 0 aliphatic carbocycles. The molecular formula is C17H13BrN2O2. The van der Waals surface area contributed by atoms with Gasteiger partial charge < -0.3 is 9.72 Å². The number of benzene rings is 2. The van der Waals surface area contributed by atoms with E-state index in [0.717, 1.165) is 27.0 Å². The highest BCUT2D eigenvalue weighted by molar-refractivity contribution is 9.10. The first-order chi connectivity index (χ1) is 10.7. The predicted octanol–water partition coefficient (Wildman–Crippen LogP) is 3.88. The van der Waals surface area contributed by atoms with Crippen LogP contribution in [0, 0.1) is 0 Å². The largest absolute Gasteiger partial charge is 0.497 e. The number of halogens is 1. The van der Waals surface area contributed by atoms with E-state index in [1.807, 2.05) is 54.6 Å². The number of ether oxygens (including phenoxy) is 1. The zero-order valence-corrected chi connectivity index (χ0v) is 13.4. The fourth-order valence-electron chi connectivity index (χ4n) is 2.15. The van der Waals surface area contributed by atoms with Crippen molar-refractivity contribution in [2.75, 3.05) is 7.11 Å². The summed E-state index contributed by atoms with van der Waals surface area (Å²) in [6, 6.07) is 17.1. The summed E-state index contributed by atoms with van der Waals surface area (Å²) in [7, 11) is 1.62. The highest BCUT2D eigenvalue weighted by atomic mass is 79.9. The normalized spacial score (nSPS) is 10.5. The number of methoxy groups -OCH3 is 1. The number of rotatable bonds is 3. The molecule has 4 nitrogen and oxygen atoms in total. The standard InChI is InChI=1S/C17H13BrN2O2/c1-22-14-8-4-12(5-9-14)16-10-15(19-17(21)20-16)11-2-6-13(18)7-3-11/h2-10H,1H3,(H,19,20,21). The number of nitrogens with one attached hydrogen (secondary N) is 1. The Morgan fingerprint density at radius 2 is 1.64 bits per heavy atom. The van der Waals surface area contributed by atoms with Crippen molar-refractivity contribution in [1.82, 2.24) is 9.97 Å². The maximum atomic E-state index is 11.8. The summed E-state index contributed by atoms with van der Waals surface area (Å²) in [4.78, 5) is 18.7. The third kappa shape index (κ3) is 3.09. The van der Waals surface area contributed by atoms with E-state index in [1.54, 1.807) is 7.11 Å². The second-order valence-electron chi connectivity index (χ2n) is 4.72. The average Bonchev–Trinajstić information content (AvgIpc) is 2.55. The van der Waals surface area contributed by atoms with Crippen LogP contribution in [0.2, 0.25) is 0 Å². The summed E-state index contributed by atoms with van der Waals surface area (Å²) >= 11 is 3.40. The Hall–Kier alpha value is -2.40. The molecule has 3 aromatic rings. The molecule has 0 radical (unpaired) electrons. The van der Waals surface area contributed by atoms with Crippen LogP contribution in [0.5, 0.6) is 5.75 Å². The molecule has 0 bridgehead atoms. The highest BCUT2D eigenvalue weighted by Gasteiger charge is 2.06. The molecule has 5 heteroatoms. The van der Waals surface area contributed by atoms with E-state index in [-0.39, 0.29) is 5.69 Å². The lowest BCUT2D eigenvalue weighted by Gasteiger charge is -2.06. The molecule has 22 heavy (non-hydrogen) atoms. The smallest absolute Gasteiger partial charge is 0.345 e. The van der Waals surface area contributed by atoms with Gasteiger partial charge in [0.2, 0.25) is 0 Å². The number of H-pyrrole nitrogens is 1. The average molecular weight is 357 g/mol. The van der Waals surface area contributed by atoms with Crippen LogP contribution in [0.3, 0.4) is 0 Å². The van der Waals surface area contributed by atoms with Crippen molar-refractivity contribution in [3.63, 3.8) is 0 Å². The first kappa shape index (κ1) is 14.5. The summed E-state index contributed by atoms with van der Waals surface area (Å²) in [5.41, 5.74) is 2.79. The van der Waals surface area contributed by atoms with Gasteiger partial charge in [0, 0.05) is 10.0 Å². The van der Waals surface area contributed by atoms with Crippen molar-refractivity contribution < 1.29 is 4.74 Å². The van der Waals surface area contributed by atoms with E-state index >= 15 is 0 Å². The molecule has 0 amide bonds. The monoisotopic (exact) mass is 356 g/mol. The van der Waals surface area contributed by atoms with Crippen LogP contribution < -0.4 is 10.4 Å². The molecular weight excluding hydrogens is 344 g/mol. The fourth-order valence-corrected chi connectivity index (χ4v) is 2.42. The lowest BCUT2D eigenvalue weighted by molar-refractivity contribution is 0.415. The minimum Gasteiger partial charge on any atom is -0.497 e. The van der Waals surface area contributed by atoms with Crippen LogP contribution in [0.25, 0.3) is 22.5 Å². The van der Waals surface area contributed by atoms with Crippen LogP contribution in [0.15, 0.2) is 63.9 Å². The van der Waals surface area contributed by atoms with E-state index in [4.69, 9.17) is 4.74 Å². The number of aromatic amines is 1. The fraction of sp³-hybridized carbons (Fsp3) is 0.0588. The van der Waals surface area contributed by atoms with E-state index in [1.165, 1.54) is 0 Å². The lowest BCUT2D eigenvalue weighted by atomic mass is 10.1. The van der Waals surface area contributed by atoms with Gasteiger partial charge in [0.1, 0.15) is 5.75 Å². The zero-order chi connectivity index (χ0) is 15.5. The summed E-state index contributed by atoms with van der Waals surface area (Å²) in [5.74, 6) is 0.765. The first-order valence-electron chi connectivity index (χ1n) is 6.67. The van der Waals surface area contributed by atoms with E-state index < -0.39 is 0 Å². The minimum absolute atomic E-state index is 0.369. The molecule has 3 rings (SSSR count). The van der Waals surface area contributed by atoms with Crippen LogP contribution in [-0.4, -0.2) is 17.1 Å². The zero-order valence-electron chi connectivity index (χ0n) is 11.8. The van der Waals surface area contributed by atoms with Gasteiger partial charge in [0.15, 0.2) is 0 Å². The third-order valence-corrected chi connectivity index (χ3v) is 3.81. The summed E-state index contributed by atoms with van der Waals surface area (Å²) in [6.07, 6.45) is 0. The highest BCUT2D eigenvalue weighted by Crippen LogP contribution is 2.24. The predicted molar refractivity (Wildman–Crippen MR) is 90.0 cm³/mol. The van der Waals surface area contributed by atoms with Gasteiger partial charge in [-0.25, -0.2) is 4.79 Å². The molecule has 0 saturated heterocycles. The van der Waals surface area contributed by atoms with E-state index in [0.29, 0.717) is 5.69 Å². The SMILES string of the molecule is COc1ccc(-c2cc(-c3ccc(Br)cc3)[nH]c(=O)n2)cc1. The van der Waals surface area contributed by atoms with Gasteiger partial charge in [-0.05, 0) is 48.0 Å². The summed E-state index contributed by atoms with van der Waals surface area (Å²) in [5, 5.41) is 0. The molecule has 0 saturated carbocycles. The van der Waals surface area contributed by atoms with Gasteiger partial charge in [-0.2, -0.15) is 4.98 Å². The maximum Gasteiger partial charge on any atom is 0.345 e. The van der Waals surface area contributed by atoms with Crippen molar-refractivity contribution in [2.45, 2.75) is 0 Å². The van der Waals surface area contributed by atoms with Crippen molar-refractivity contribution in [1.29, 1.82) is 0 Å². The van der Waals surface area contributed by atoms with Crippen LogP contribution in [-0.2, 0) is 0 Å². The van der Waals surface area contributed by atoms with Gasteiger partial charge in [-0.1, -0.05) is 28.1 Å². The van der Waals surface area contributed by atoms with Gasteiger partial charge in [-0.15, -0.1) is 0 Å². The van der Waals surface area contributed by atoms with Crippen molar-refractivity contribution in [2.24, 2.45) is 0 Å². The molecule has 0 unspecified atom stereocenters. The van der Waals surface area contributed by atoms with Gasteiger partial charge >= 0.3 is 5.69 Å². The molecule has 0 fully saturated rings. The Kier molecular flexibility index (Phi) is 4.06. The van der Waals surface area contributed by atoms with Crippen molar-refractivity contribution >= 4 is 15.9 Å². The topological polar surface area (TPSA) is 55.0 Å². The molecule has 0 atom stereocenters. The lowest BCUT2D eigenvalue weighted by Crippen LogP contribution is -2.11. The molecule has 2 aromatic carbocycles. The van der Waals surface area contributed by atoms with Crippen molar-refractivity contribution in [3.8, 4) is 28.3 Å². The van der Waals surface area contributed by atoms with Crippen LogP contribution >= 0.6 is 15.9 Å². The Labute approximate surface area is 135 Å². The second kappa shape index (κ2) is 6.15. The molecule has 0 aliphatic heterocycles. The number of nitrogens with zero attached hydrogens (tertiary/aromatic N) is 1. The van der Waals surface area contributed by atoms with Gasteiger partial charge in [0.25, 0.3) is 0 Å². The number of hydrogen-bond acceptors (Lipinski definition) is 3. The van der Waals surface area contributed by atoms with Gasteiger partial charge in [-0.3, -0.25) is 0 Å². The molecule has 1 N–H and O–H groups in total. The maximum absolute atomic E-state index is 11.8. The Morgan fingerprint density at radius 3 is 2.27 bits per heavy atom. The quantitative estimate of drug-likeness (QED) is 0.774. The van der Waals surface area contributed by atoms with Crippen LogP contribution in [0.1, 0.15) is 0 Å². The Bertz CT molecular complexity index is 840. The molecule has 110 valence electrons. The van der Waals surface area contributed by atoms with Gasteiger partial charge in [0.05, 0.1) is 18.5 Å². The summed E-state index contributed by atoms with van der Waals surface area (Å²) < 4.78 is 6.13. The van der Waals surface area contributed by atoms with E-state index in [2.05, 4.69) is 25.9 Å². The number of hydrogen-bond donors (Lipinski definition) is 1. The Morgan fingerprint density at radius 1 is 1.00 bits per heavy atom.